The Labute approximate surface area is 578 Å². The molecule has 12 rings (SSSR count). The lowest BCUT2D eigenvalue weighted by atomic mass is 9.87. The summed E-state index contributed by atoms with van der Waals surface area (Å²) >= 11 is 0. The molecule has 0 spiro atoms. The lowest BCUT2D eigenvalue weighted by Crippen LogP contribution is -2.50. The summed E-state index contributed by atoms with van der Waals surface area (Å²) in [5, 5.41) is 15.2. The average molecular weight is 1400 g/mol. The van der Waals surface area contributed by atoms with E-state index in [-0.39, 0.29) is 124 Å². The Kier molecular flexibility index (Phi) is 21.1. The van der Waals surface area contributed by atoms with E-state index in [1.54, 1.807) is 20.9 Å². The predicted octanol–water partition coefficient (Wildman–Crippen LogP) is 5.13. The molecular formula is C69H81F4N17O11. The van der Waals surface area contributed by atoms with Gasteiger partial charge < -0.3 is 60.7 Å². The second-order valence-electron chi connectivity index (χ2n) is 26.8. The molecule has 3 aromatic carbocycles. The van der Waals surface area contributed by atoms with E-state index >= 15 is 4.39 Å². The fourth-order valence-electron chi connectivity index (χ4n) is 14.9. The van der Waals surface area contributed by atoms with Gasteiger partial charge in [-0.05, 0) is 112 Å². The molecule has 5 N–H and O–H groups in total. The van der Waals surface area contributed by atoms with Gasteiger partial charge in [0.05, 0.1) is 43.1 Å². The fourth-order valence-corrected chi connectivity index (χ4v) is 14.9. The first-order chi connectivity index (χ1) is 48.5. The minimum absolute atomic E-state index is 0.0219. The molecule has 9 heterocycles. The van der Waals surface area contributed by atoms with Gasteiger partial charge >= 0.3 is 18.2 Å². The number of urea groups is 1. The number of nitrogens with zero attached hydrogens (tertiary/aromatic N) is 13. The lowest BCUT2D eigenvalue weighted by Gasteiger charge is -2.40. The molecule has 6 fully saturated rings. The third-order valence-electron chi connectivity index (χ3n) is 20.5. The van der Waals surface area contributed by atoms with Gasteiger partial charge in [-0.15, -0.1) is 0 Å². The predicted molar refractivity (Wildman–Crippen MR) is 358 cm³/mol. The third kappa shape index (κ3) is 15.7. The van der Waals surface area contributed by atoms with E-state index < -0.39 is 72.3 Å². The summed E-state index contributed by atoms with van der Waals surface area (Å²) in [7, 11) is 2.92. The van der Waals surface area contributed by atoms with E-state index in [9.17, 15) is 61.1 Å². The largest absolute Gasteiger partial charge is 0.468 e. The van der Waals surface area contributed by atoms with Crippen molar-refractivity contribution in [1.29, 1.82) is 0 Å². The SMILES string of the molecule is COC(=O)CNC(=O)CNC(=O)Cn1nc(C(F)(F)F)c2c(-c3cc4c(cnn4C(=O)CCC(=O)N4CCC(C(=O)N5CCC(C(=O)N6CCC(C(=O)N7CCC(c8ccc(Nc9nc(N%10CCC[C@@H](N%11CCN(C)C%11=O)C%10)cnc9C(N)=O)cc8)CC7)CC6)CC5)CC4)cc3F)cccc21. The second kappa shape index (κ2) is 30.3. The quantitative estimate of drug-likeness (QED) is 0.0603. The van der Waals surface area contributed by atoms with Crippen LogP contribution in [-0.4, -0.2) is 230 Å². The van der Waals surface area contributed by atoms with Gasteiger partial charge in [-0.25, -0.2) is 23.8 Å². The maximum absolute atomic E-state index is 16.0. The van der Waals surface area contributed by atoms with Crippen molar-refractivity contribution in [2.75, 3.05) is 116 Å². The Bertz CT molecular complexity index is 4170. The number of piperidine rings is 5. The van der Waals surface area contributed by atoms with E-state index in [1.165, 1.54) is 30.5 Å². The van der Waals surface area contributed by atoms with Crippen LogP contribution in [0.25, 0.3) is 32.9 Å². The topological polar surface area (TPSA) is 326 Å². The fraction of sp³-hybridized carbons (Fsp3) is 0.507. The summed E-state index contributed by atoms with van der Waals surface area (Å²) in [5.41, 5.74) is 5.46. The van der Waals surface area contributed by atoms with Crippen LogP contribution < -0.4 is 26.6 Å². The molecule has 32 heteroatoms. The summed E-state index contributed by atoms with van der Waals surface area (Å²) in [6.45, 7) is 4.48. The van der Waals surface area contributed by atoms with Crippen molar-refractivity contribution in [2.45, 2.75) is 102 Å². The van der Waals surface area contributed by atoms with Crippen LogP contribution >= 0.6 is 0 Å². The molecule has 3 aromatic heterocycles. The van der Waals surface area contributed by atoms with Crippen LogP contribution in [0.3, 0.4) is 0 Å². The average Bonchev–Trinajstić information content (AvgIpc) is 1.61. The first kappa shape index (κ1) is 70.6. The van der Waals surface area contributed by atoms with Crippen molar-refractivity contribution in [2.24, 2.45) is 23.5 Å². The molecule has 536 valence electrons. The number of ether oxygens (including phenoxy) is 1. The number of benzene rings is 3. The van der Waals surface area contributed by atoms with Crippen LogP contribution in [0.4, 0.5) is 39.7 Å². The Morgan fingerprint density at radius 2 is 1.27 bits per heavy atom. The summed E-state index contributed by atoms with van der Waals surface area (Å²) in [4.78, 5) is 153. The Hall–Kier alpha value is -10.3. The zero-order valence-electron chi connectivity index (χ0n) is 56.2. The molecule has 0 saturated carbocycles. The van der Waals surface area contributed by atoms with Gasteiger partial charge in [0, 0.05) is 138 Å². The van der Waals surface area contributed by atoms with Gasteiger partial charge in [0.25, 0.3) is 5.91 Å². The number of hydrogen-bond acceptors (Lipinski definition) is 17. The minimum Gasteiger partial charge on any atom is -0.468 e. The van der Waals surface area contributed by atoms with Crippen LogP contribution in [0.1, 0.15) is 110 Å². The van der Waals surface area contributed by atoms with Gasteiger partial charge in [0.15, 0.2) is 17.2 Å². The zero-order chi connectivity index (χ0) is 71.4. The molecule has 6 aliphatic heterocycles. The number of fused-ring (bicyclic) bond motifs is 2. The van der Waals surface area contributed by atoms with Gasteiger partial charge in [-0.3, -0.25) is 47.8 Å². The molecule has 6 aliphatic rings. The number of amides is 9. The number of anilines is 3. The molecule has 0 unspecified atom stereocenters. The van der Waals surface area contributed by atoms with Crippen LogP contribution in [0.15, 0.2) is 67.0 Å². The molecule has 6 aromatic rings. The number of esters is 1. The van der Waals surface area contributed by atoms with E-state index in [4.69, 9.17) is 10.7 Å². The van der Waals surface area contributed by atoms with E-state index in [2.05, 4.69) is 40.8 Å². The van der Waals surface area contributed by atoms with Gasteiger partial charge in [0.1, 0.15) is 24.7 Å². The second-order valence-corrected chi connectivity index (χ2v) is 26.8. The Morgan fingerprint density at radius 1 is 0.663 bits per heavy atom. The molecule has 9 amide bonds. The number of nitrogens with two attached hydrogens (primary N) is 1. The standard InChI is InChI=1S/C69H81F4N17O11/c1-82-31-32-88(68(82)100)48-5-4-22-87(39-48)54-36-77-61(63(74)96)64(80-54)79-47-10-8-41(9-11-47)42-14-25-84(26-15-42)66(98)44-18-29-86(30-19-44)67(99)45-20-27-85(28-21-45)65(97)43-16-23-83(24-17-43)57(93)12-13-58(94)90-53-34-50(51(70)33-46(53)35-78-90)49-6-3-7-52-60(49)62(69(71,72)73)81-89(52)40-56(92)75-37-55(91)76-38-59(95)101-2/h3,6-11,33-36,42-45,48H,4-5,12-32,37-40H2,1-2H3,(H2,74,96)(H,75,92)(H,76,91)(H,79,80)/t48-/m1/s1. The maximum Gasteiger partial charge on any atom is 0.435 e. The Balaban J connectivity index is 0.561. The molecule has 1 atom stereocenters. The van der Waals surface area contributed by atoms with Crippen LogP contribution in [0.5, 0.6) is 0 Å². The van der Waals surface area contributed by atoms with E-state index in [0.717, 1.165) is 60.3 Å². The van der Waals surface area contributed by atoms with Crippen molar-refractivity contribution in [3.05, 3.63) is 89.8 Å². The number of aromatic nitrogens is 6. The maximum atomic E-state index is 16.0. The van der Waals surface area contributed by atoms with Crippen molar-refractivity contribution < 1.29 is 70.2 Å². The number of carbonyl (C=O) groups excluding carboxylic acids is 10. The normalized spacial score (nSPS) is 18.5. The number of alkyl halides is 3. The smallest absolute Gasteiger partial charge is 0.435 e. The van der Waals surface area contributed by atoms with Gasteiger partial charge in [-0.2, -0.15) is 23.4 Å². The number of hydrogen-bond donors (Lipinski definition) is 4. The number of nitrogens with one attached hydrogen (secondary N) is 3. The molecule has 28 nitrogen and oxygen atoms in total. The summed E-state index contributed by atoms with van der Waals surface area (Å²) in [6.07, 6.45) is 3.54. The molecule has 101 heavy (non-hydrogen) atoms. The summed E-state index contributed by atoms with van der Waals surface area (Å²) < 4.78 is 66.1. The van der Waals surface area contributed by atoms with Crippen molar-refractivity contribution in [1.82, 2.24) is 69.6 Å². The van der Waals surface area contributed by atoms with Gasteiger partial charge in [0.2, 0.25) is 41.4 Å². The highest BCUT2D eigenvalue weighted by molar-refractivity contribution is 6.02. The summed E-state index contributed by atoms with van der Waals surface area (Å²) in [5.74, 6) is -4.56. The molecular weight excluding hydrogens is 1320 g/mol. The van der Waals surface area contributed by atoms with Crippen LogP contribution in [0.2, 0.25) is 0 Å². The van der Waals surface area contributed by atoms with Crippen LogP contribution in [-0.2, 0) is 51.0 Å². The van der Waals surface area contributed by atoms with Crippen molar-refractivity contribution in [3.8, 4) is 11.1 Å². The molecule has 0 bridgehead atoms. The first-order valence-corrected chi connectivity index (χ1v) is 34.3. The molecule has 0 radical (unpaired) electrons. The monoisotopic (exact) mass is 1400 g/mol. The van der Waals surface area contributed by atoms with E-state index in [1.807, 2.05) is 46.0 Å². The number of halogens is 4. The van der Waals surface area contributed by atoms with Gasteiger partial charge in [-0.1, -0.05) is 24.3 Å². The third-order valence-corrected chi connectivity index (χ3v) is 20.5. The highest BCUT2D eigenvalue weighted by Gasteiger charge is 2.41. The number of likely N-dealkylation sites (N-methyl/N-ethyl adjacent to an activating group) is 1. The summed E-state index contributed by atoms with van der Waals surface area (Å²) in [6, 6.07) is 14.1. The number of rotatable bonds is 19. The van der Waals surface area contributed by atoms with Crippen molar-refractivity contribution in [3.63, 3.8) is 0 Å². The number of likely N-dealkylation sites (tertiary alicyclic amines) is 4. The van der Waals surface area contributed by atoms with Crippen molar-refractivity contribution >= 4 is 98.4 Å². The minimum atomic E-state index is -5.08. The number of primary amides is 1. The number of carbonyl (C=O) groups is 10. The first-order valence-electron chi connectivity index (χ1n) is 34.3. The van der Waals surface area contributed by atoms with Crippen LogP contribution in [0, 0.1) is 23.6 Å². The molecule has 0 aliphatic carbocycles. The Morgan fingerprint density at radius 3 is 1.86 bits per heavy atom. The zero-order valence-corrected chi connectivity index (χ0v) is 56.2. The highest BCUT2D eigenvalue weighted by Crippen LogP contribution is 2.42. The number of methoxy groups -OCH3 is 1. The highest BCUT2D eigenvalue weighted by atomic mass is 19.4. The molecule has 6 saturated heterocycles. The van der Waals surface area contributed by atoms with E-state index in [0.29, 0.717) is 109 Å². The lowest BCUT2D eigenvalue weighted by molar-refractivity contribution is -0.146.